The number of sulfonamides is 1. The first kappa shape index (κ1) is 17.4. The molecular weight excluding hydrogens is 322 g/mol. The third-order valence-corrected chi connectivity index (χ3v) is 5.55. The average Bonchev–Trinajstić information content (AvgIpc) is 3.10. The molecule has 2 rings (SSSR count). The molecule has 1 aromatic rings. The van der Waals surface area contributed by atoms with Gasteiger partial charge in [0, 0.05) is 32.4 Å². The van der Waals surface area contributed by atoms with Crippen molar-refractivity contribution >= 4 is 21.8 Å². The third kappa shape index (κ3) is 4.52. The number of aromatic nitrogens is 2. The van der Waals surface area contributed by atoms with Gasteiger partial charge in [0.1, 0.15) is 0 Å². The zero-order chi connectivity index (χ0) is 16.9. The maximum absolute atomic E-state index is 11.7. The van der Waals surface area contributed by atoms with Crippen molar-refractivity contribution in [1.82, 2.24) is 24.7 Å². The molecule has 0 radical (unpaired) electrons. The van der Waals surface area contributed by atoms with E-state index >= 15 is 0 Å². The van der Waals surface area contributed by atoms with E-state index in [0.29, 0.717) is 19.5 Å². The minimum Gasteiger partial charge on any atom is -0.347 e. The Morgan fingerprint density at radius 1 is 1.30 bits per heavy atom. The fourth-order valence-electron chi connectivity index (χ4n) is 2.36. The Kier molecular flexibility index (Phi) is 5.72. The number of hydrogen-bond acceptors (Lipinski definition) is 5. The van der Waals surface area contributed by atoms with Crippen molar-refractivity contribution in [2.75, 3.05) is 25.4 Å². The zero-order valence-corrected chi connectivity index (χ0v) is 13.8. The Bertz CT molecular complexity index is 670. The Morgan fingerprint density at radius 3 is 2.70 bits per heavy atom. The van der Waals surface area contributed by atoms with Gasteiger partial charge in [-0.25, -0.2) is 12.7 Å². The van der Waals surface area contributed by atoms with Gasteiger partial charge in [-0.05, 0) is 19.4 Å². The largest absolute Gasteiger partial charge is 0.347 e. The van der Waals surface area contributed by atoms with E-state index in [1.807, 2.05) is 6.92 Å². The summed E-state index contributed by atoms with van der Waals surface area (Å²) in [6, 6.07) is 1.76. The minimum atomic E-state index is -3.18. The molecule has 9 nitrogen and oxygen atoms in total. The maximum Gasteiger partial charge on any atom is 0.309 e. The van der Waals surface area contributed by atoms with Gasteiger partial charge < -0.3 is 10.6 Å². The predicted octanol–water partition coefficient (Wildman–Crippen LogP) is -1.33. The number of amides is 2. The van der Waals surface area contributed by atoms with Crippen LogP contribution in [0.4, 0.5) is 0 Å². The van der Waals surface area contributed by atoms with E-state index < -0.39 is 21.8 Å². The molecule has 1 saturated heterocycles. The fraction of sp³-hybridized carbons (Fsp3) is 0.615. The van der Waals surface area contributed by atoms with Crippen LogP contribution in [0.2, 0.25) is 0 Å². The molecule has 2 N–H and O–H groups in total. The lowest BCUT2D eigenvalue weighted by Gasteiger charge is -2.14. The summed E-state index contributed by atoms with van der Waals surface area (Å²) in [5, 5.41) is 9.00. The summed E-state index contributed by atoms with van der Waals surface area (Å²) in [5.74, 6) is -1.38. The first-order chi connectivity index (χ1) is 10.9. The van der Waals surface area contributed by atoms with Crippen LogP contribution in [0, 0.1) is 0 Å². The summed E-state index contributed by atoms with van der Waals surface area (Å²) in [7, 11) is -3.18. The van der Waals surface area contributed by atoms with Crippen LogP contribution in [0.15, 0.2) is 12.3 Å². The predicted molar refractivity (Wildman–Crippen MR) is 82.7 cm³/mol. The van der Waals surface area contributed by atoms with E-state index in [4.69, 9.17) is 0 Å². The van der Waals surface area contributed by atoms with Crippen molar-refractivity contribution < 1.29 is 18.0 Å². The lowest BCUT2D eigenvalue weighted by molar-refractivity contribution is -0.139. The summed E-state index contributed by atoms with van der Waals surface area (Å²) >= 11 is 0. The summed E-state index contributed by atoms with van der Waals surface area (Å²) in [4.78, 5) is 23.4. The van der Waals surface area contributed by atoms with E-state index in [1.165, 1.54) is 4.31 Å². The highest BCUT2D eigenvalue weighted by atomic mass is 32.2. The highest BCUT2D eigenvalue weighted by Crippen LogP contribution is 2.11. The highest BCUT2D eigenvalue weighted by Gasteiger charge is 2.27. The van der Waals surface area contributed by atoms with E-state index in [2.05, 4.69) is 15.7 Å². The molecule has 1 aliphatic rings. The van der Waals surface area contributed by atoms with Crippen molar-refractivity contribution in [2.45, 2.75) is 26.4 Å². The smallest absolute Gasteiger partial charge is 0.309 e. The number of rotatable bonds is 6. The fourth-order valence-corrected chi connectivity index (χ4v) is 3.89. The molecule has 1 aromatic heterocycles. The number of carbonyl (C=O) groups excluding carboxylic acids is 2. The third-order valence-electron chi connectivity index (χ3n) is 3.59. The lowest BCUT2D eigenvalue weighted by atomic mass is 10.4. The monoisotopic (exact) mass is 343 g/mol. The van der Waals surface area contributed by atoms with Crippen molar-refractivity contribution in [3.8, 4) is 0 Å². The van der Waals surface area contributed by atoms with Crippen LogP contribution >= 0.6 is 0 Å². The highest BCUT2D eigenvalue weighted by molar-refractivity contribution is 7.89. The Morgan fingerprint density at radius 2 is 2.04 bits per heavy atom. The van der Waals surface area contributed by atoms with Crippen molar-refractivity contribution in [3.63, 3.8) is 0 Å². The molecule has 0 bridgehead atoms. The van der Waals surface area contributed by atoms with Crippen LogP contribution in [0.3, 0.4) is 0 Å². The molecule has 0 unspecified atom stereocenters. The molecule has 1 fully saturated rings. The standard InChI is InChI=1S/C13H21N5O4S/c1-2-18-11(4-5-16-18)10-15-13(20)12(19)14-6-8-17-7-3-9-23(17,21)22/h4-5H,2-3,6-10H2,1H3,(H,14,19)(H,15,20). The van der Waals surface area contributed by atoms with Gasteiger partial charge in [-0.15, -0.1) is 0 Å². The van der Waals surface area contributed by atoms with Gasteiger partial charge in [0.2, 0.25) is 10.0 Å². The van der Waals surface area contributed by atoms with Crippen LogP contribution in [-0.2, 0) is 32.7 Å². The molecule has 0 spiro atoms. The van der Waals surface area contributed by atoms with Gasteiger partial charge in [-0.1, -0.05) is 0 Å². The molecular formula is C13H21N5O4S. The van der Waals surface area contributed by atoms with Gasteiger partial charge in [0.05, 0.1) is 18.0 Å². The first-order valence-electron chi connectivity index (χ1n) is 7.48. The van der Waals surface area contributed by atoms with Crippen molar-refractivity contribution in [2.24, 2.45) is 0 Å². The Balaban J connectivity index is 1.72. The van der Waals surface area contributed by atoms with E-state index in [0.717, 1.165) is 5.69 Å². The molecule has 0 aromatic carbocycles. The van der Waals surface area contributed by atoms with Gasteiger partial charge in [-0.3, -0.25) is 14.3 Å². The van der Waals surface area contributed by atoms with E-state index in [1.54, 1.807) is 16.9 Å². The Hall–Kier alpha value is -1.94. The van der Waals surface area contributed by atoms with Crippen LogP contribution in [0.1, 0.15) is 19.0 Å². The van der Waals surface area contributed by atoms with Crippen LogP contribution in [0.25, 0.3) is 0 Å². The SMILES string of the molecule is CCn1nccc1CNC(=O)C(=O)NCCN1CCCS1(=O)=O. The summed E-state index contributed by atoms with van der Waals surface area (Å²) in [6.07, 6.45) is 2.23. The Labute approximate surface area is 135 Å². The van der Waals surface area contributed by atoms with E-state index in [-0.39, 0.29) is 25.4 Å². The molecule has 2 amide bonds. The molecule has 0 atom stereocenters. The molecule has 0 aliphatic carbocycles. The number of nitrogens with one attached hydrogen (secondary N) is 2. The van der Waals surface area contributed by atoms with Crippen molar-refractivity contribution in [3.05, 3.63) is 18.0 Å². The molecule has 128 valence electrons. The number of hydrogen-bond donors (Lipinski definition) is 2. The number of carbonyl (C=O) groups is 2. The molecule has 23 heavy (non-hydrogen) atoms. The van der Waals surface area contributed by atoms with E-state index in [9.17, 15) is 18.0 Å². The molecule has 0 saturated carbocycles. The number of nitrogens with zero attached hydrogens (tertiary/aromatic N) is 3. The van der Waals surface area contributed by atoms with Gasteiger partial charge in [-0.2, -0.15) is 5.10 Å². The normalized spacial score (nSPS) is 17.1. The maximum atomic E-state index is 11.7. The molecule has 1 aliphatic heterocycles. The quantitative estimate of drug-likeness (QED) is 0.622. The van der Waals surface area contributed by atoms with Crippen LogP contribution in [-0.4, -0.2) is 59.7 Å². The molecule has 10 heteroatoms. The second kappa shape index (κ2) is 7.55. The summed E-state index contributed by atoms with van der Waals surface area (Å²) < 4.78 is 26.2. The number of aryl methyl sites for hydroxylation is 1. The van der Waals surface area contributed by atoms with Crippen LogP contribution in [0.5, 0.6) is 0 Å². The average molecular weight is 343 g/mol. The zero-order valence-electron chi connectivity index (χ0n) is 13.0. The van der Waals surface area contributed by atoms with Gasteiger partial charge in [0.25, 0.3) is 0 Å². The minimum absolute atomic E-state index is 0.109. The molecule has 2 heterocycles. The topological polar surface area (TPSA) is 113 Å². The summed E-state index contributed by atoms with van der Waals surface area (Å²) in [6.45, 7) is 3.57. The second-order valence-corrected chi connectivity index (χ2v) is 7.23. The van der Waals surface area contributed by atoms with Crippen LogP contribution < -0.4 is 10.6 Å². The summed E-state index contributed by atoms with van der Waals surface area (Å²) in [5.41, 5.74) is 0.803. The van der Waals surface area contributed by atoms with Gasteiger partial charge >= 0.3 is 11.8 Å². The van der Waals surface area contributed by atoms with Crippen molar-refractivity contribution in [1.29, 1.82) is 0 Å². The van der Waals surface area contributed by atoms with Gasteiger partial charge in [0.15, 0.2) is 0 Å². The second-order valence-electron chi connectivity index (χ2n) is 5.15. The first-order valence-corrected chi connectivity index (χ1v) is 9.09. The lowest BCUT2D eigenvalue weighted by Crippen LogP contribution is -2.43.